The molecular weight excluding hydrogens is 428 g/mol. The zero-order valence-electron chi connectivity index (χ0n) is 18.5. The number of nitrogens with one attached hydrogen (secondary N) is 2. The van der Waals surface area contributed by atoms with E-state index in [4.69, 9.17) is 9.47 Å². The van der Waals surface area contributed by atoms with E-state index in [-0.39, 0.29) is 13.0 Å². The van der Waals surface area contributed by atoms with Gasteiger partial charge in [-0.3, -0.25) is 9.59 Å². The number of aromatic nitrogens is 1. The van der Waals surface area contributed by atoms with E-state index in [2.05, 4.69) is 24.1 Å². The third-order valence-corrected chi connectivity index (χ3v) is 5.81. The third kappa shape index (κ3) is 5.97. The number of amides is 1. The van der Waals surface area contributed by atoms with E-state index in [0.717, 1.165) is 22.0 Å². The fourth-order valence-electron chi connectivity index (χ4n) is 3.46. The summed E-state index contributed by atoms with van der Waals surface area (Å²) in [5, 5.41) is 6.03. The second kappa shape index (κ2) is 10.9. The lowest BCUT2D eigenvalue weighted by Gasteiger charge is -2.10. The first-order valence-electron chi connectivity index (χ1n) is 10.7. The van der Waals surface area contributed by atoms with Gasteiger partial charge in [-0.25, -0.2) is 4.79 Å². The molecule has 2 heterocycles. The number of hydrogen-bond acceptors (Lipinski definition) is 6. The molecule has 0 saturated heterocycles. The fraction of sp³-hybridized carbons (Fsp3) is 0.375. The van der Waals surface area contributed by atoms with E-state index in [1.807, 2.05) is 35.8 Å². The molecule has 0 aliphatic heterocycles. The van der Waals surface area contributed by atoms with Crippen LogP contribution in [0.1, 0.15) is 48.7 Å². The minimum absolute atomic E-state index is 0.167. The maximum absolute atomic E-state index is 12.4. The van der Waals surface area contributed by atoms with Crippen LogP contribution in [0.4, 0.5) is 5.00 Å². The van der Waals surface area contributed by atoms with Crippen LogP contribution < -0.4 is 5.32 Å². The van der Waals surface area contributed by atoms with Gasteiger partial charge < -0.3 is 19.8 Å². The Hall–Kier alpha value is -3.13. The lowest BCUT2D eigenvalue weighted by molar-refractivity contribution is -0.147. The second-order valence-electron chi connectivity index (χ2n) is 7.85. The molecule has 170 valence electrons. The highest BCUT2D eigenvalue weighted by Gasteiger charge is 2.22. The monoisotopic (exact) mass is 456 g/mol. The van der Waals surface area contributed by atoms with Crippen LogP contribution in [0, 0.1) is 5.92 Å². The van der Waals surface area contributed by atoms with E-state index in [0.29, 0.717) is 29.3 Å². The molecule has 0 fully saturated rings. The maximum Gasteiger partial charge on any atom is 0.341 e. The summed E-state index contributed by atoms with van der Waals surface area (Å²) < 4.78 is 10.3. The zero-order chi connectivity index (χ0) is 23.1. The number of carbonyl (C=O) groups excluding carboxylic acids is 3. The molecule has 0 aliphatic carbocycles. The van der Waals surface area contributed by atoms with Gasteiger partial charge in [-0.15, -0.1) is 11.3 Å². The number of aromatic amines is 1. The van der Waals surface area contributed by atoms with Gasteiger partial charge in [0.05, 0.1) is 12.2 Å². The smallest absolute Gasteiger partial charge is 0.341 e. The number of hydrogen-bond donors (Lipinski definition) is 2. The van der Waals surface area contributed by atoms with Gasteiger partial charge in [-0.1, -0.05) is 32.0 Å². The van der Waals surface area contributed by atoms with Crippen LogP contribution in [-0.4, -0.2) is 36.0 Å². The van der Waals surface area contributed by atoms with Crippen molar-refractivity contribution < 1.29 is 23.9 Å². The Kier molecular flexibility index (Phi) is 8.05. The van der Waals surface area contributed by atoms with E-state index < -0.39 is 24.5 Å². The van der Waals surface area contributed by atoms with Crippen molar-refractivity contribution in [3.8, 4) is 0 Å². The summed E-state index contributed by atoms with van der Waals surface area (Å²) in [7, 11) is 0. The normalized spacial score (nSPS) is 11.0. The molecule has 0 saturated carbocycles. The minimum Gasteiger partial charge on any atom is -0.462 e. The summed E-state index contributed by atoms with van der Waals surface area (Å²) in [5.41, 5.74) is 3.26. The van der Waals surface area contributed by atoms with Crippen LogP contribution in [0.25, 0.3) is 10.9 Å². The van der Waals surface area contributed by atoms with Crippen molar-refractivity contribution in [2.45, 2.75) is 40.0 Å². The molecule has 1 amide bonds. The van der Waals surface area contributed by atoms with Crippen LogP contribution in [0.2, 0.25) is 0 Å². The highest BCUT2D eigenvalue weighted by molar-refractivity contribution is 7.15. The van der Waals surface area contributed by atoms with Crippen LogP contribution in [0.3, 0.4) is 0 Å². The molecular formula is C24H28N2O5S. The molecule has 3 aromatic rings. The molecule has 3 rings (SSSR count). The van der Waals surface area contributed by atoms with Crippen LogP contribution in [0.5, 0.6) is 0 Å². The number of ether oxygens (including phenoxy) is 2. The third-order valence-electron chi connectivity index (χ3n) is 4.87. The minimum atomic E-state index is -0.492. The Morgan fingerprint density at radius 1 is 1.12 bits per heavy atom. The fourth-order valence-corrected chi connectivity index (χ4v) is 4.44. The largest absolute Gasteiger partial charge is 0.462 e. The Balaban J connectivity index is 1.54. The second-order valence-corrected chi connectivity index (χ2v) is 8.73. The number of fused-ring (bicyclic) bond motifs is 1. The van der Waals surface area contributed by atoms with Crippen molar-refractivity contribution in [3.63, 3.8) is 0 Å². The standard InChI is InChI=1S/C24H28N2O5S/c1-4-30-24(29)22-17(11-15(2)3)14-32-23(22)26-20(27)13-31-21(28)10-9-16-12-25-19-8-6-5-7-18(16)19/h5-8,12,14-15,25H,4,9-11,13H2,1-3H3,(H,26,27). The van der Waals surface area contributed by atoms with Crippen molar-refractivity contribution in [1.82, 2.24) is 4.98 Å². The van der Waals surface area contributed by atoms with Gasteiger partial charge in [0.1, 0.15) is 5.00 Å². The number of thiophene rings is 1. The molecule has 0 bridgehead atoms. The molecule has 0 spiro atoms. The van der Waals surface area contributed by atoms with Gasteiger partial charge in [-0.2, -0.15) is 0 Å². The quantitative estimate of drug-likeness (QED) is 0.430. The van der Waals surface area contributed by atoms with Crippen LogP contribution in [-0.2, 0) is 31.9 Å². The van der Waals surface area contributed by atoms with E-state index >= 15 is 0 Å². The highest BCUT2D eigenvalue weighted by atomic mass is 32.1. The van der Waals surface area contributed by atoms with Crippen molar-refractivity contribution in [3.05, 3.63) is 52.5 Å². The maximum atomic E-state index is 12.4. The number of H-pyrrole nitrogens is 1. The summed E-state index contributed by atoms with van der Waals surface area (Å²) in [4.78, 5) is 40.1. The predicted molar refractivity (Wildman–Crippen MR) is 125 cm³/mol. The predicted octanol–water partition coefficient (Wildman–Crippen LogP) is 4.72. The molecule has 0 aliphatic rings. The number of anilines is 1. The average molecular weight is 457 g/mol. The summed E-state index contributed by atoms with van der Waals surface area (Å²) in [6, 6.07) is 7.87. The number of benzene rings is 1. The van der Waals surface area contributed by atoms with Crippen LogP contribution >= 0.6 is 11.3 Å². The topological polar surface area (TPSA) is 97.5 Å². The van der Waals surface area contributed by atoms with E-state index in [9.17, 15) is 14.4 Å². The Morgan fingerprint density at radius 3 is 2.66 bits per heavy atom. The Labute approximate surface area is 191 Å². The molecule has 2 N–H and O–H groups in total. The number of esters is 2. The lowest BCUT2D eigenvalue weighted by Crippen LogP contribution is -2.22. The number of aryl methyl sites for hydroxylation is 1. The number of rotatable bonds is 10. The molecule has 0 unspecified atom stereocenters. The van der Waals surface area contributed by atoms with Crippen molar-refractivity contribution in [1.29, 1.82) is 0 Å². The summed E-state index contributed by atoms with van der Waals surface area (Å²) in [6.07, 6.45) is 3.26. The molecule has 1 aromatic carbocycles. The van der Waals surface area contributed by atoms with Gasteiger partial charge in [0.25, 0.3) is 5.91 Å². The molecule has 0 radical (unpaired) electrons. The average Bonchev–Trinajstić information content (AvgIpc) is 3.34. The summed E-state index contributed by atoms with van der Waals surface area (Å²) in [6.45, 7) is 5.69. The van der Waals surface area contributed by atoms with Gasteiger partial charge in [0.15, 0.2) is 6.61 Å². The SMILES string of the molecule is CCOC(=O)c1c(CC(C)C)csc1NC(=O)COC(=O)CCc1c[nH]c2ccccc12. The first kappa shape index (κ1) is 23.5. The van der Waals surface area contributed by atoms with Crippen molar-refractivity contribution in [2.75, 3.05) is 18.5 Å². The Bertz CT molecular complexity index is 1100. The first-order valence-corrected chi connectivity index (χ1v) is 11.5. The molecule has 32 heavy (non-hydrogen) atoms. The molecule has 8 heteroatoms. The molecule has 7 nitrogen and oxygen atoms in total. The highest BCUT2D eigenvalue weighted by Crippen LogP contribution is 2.31. The van der Waals surface area contributed by atoms with Crippen LogP contribution in [0.15, 0.2) is 35.8 Å². The van der Waals surface area contributed by atoms with E-state index in [1.165, 1.54) is 11.3 Å². The van der Waals surface area contributed by atoms with Crippen molar-refractivity contribution >= 4 is 45.1 Å². The van der Waals surface area contributed by atoms with Gasteiger partial charge in [0.2, 0.25) is 0 Å². The molecule has 0 atom stereocenters. The lowest BCUT2D eigenvalue weighted by atomic mass is 10.0. The number of para-hydroxylation sites is 1. The van der Waals surface area contributed by atoms with E-state index in [1.54, 1.807) is 6.92 Å². The molecule has 2 aromatic heterocycles. The Morgan fingerprint density at radius 2 is 1.91 bits per heavy atom. The van der Waals surface area contributed by atoms with Gasteiger partial charge in [-0.05, 0) is 48.3 Å². The summed E-state index contributed by atoms with van der Waals surface area (Å²) in [5.74, 6) is -1.06. The van der Waals surface area contributed by atoms with Gasteiger partial charge >= 0.3 is 11.9 Å². The van der Waals surface area contributed by atoms with Crippen molar-refractivity contribution in [2.24, 2.45) is 5.92 Å². The first-order chi connectivity index (χ1) is 15.4. The number of carbonyl (C=O) groups is 3. The zero-order valence-corrected chi connectivity index (χ0v) is 19.3. The van der Waals surface area contributed by atoms with Gasteiger partial charge in [0, 0.05) is 23.5 Å². The summed E-state index contributed by atoms with van der Waals surface area (Å²) >= 11 is 1.27.